The molecule has 2 heterocycles. The lowest BCUT2D eigenvalue weighted by Gasteiger charge is -2.34. The fourth-order valence-electron chi connectivity index (χ4n) is 5.91. The quantitative estimate of drug-likeness (QED) is 0.277. The zero-order valence-electron chi connectivity index (χ0n) is 22.7. The van der Waals surface area contributed by atoms with E-state index in [0.717, 1.165) is 38.2 Å². The first-order valence-electron chi connectivity index (χ1n) is 14.4. The second kappa shape index (κ2) is 14.1. The third kappa shape index (κ3) is 7.74. The normalized spacial score (nSPS) is 23.9. The summed E-state index contributed by atoms with van der Waals surface area (Å²) in [5, 5.41) is 10.0. The van der Waals surface area contributed by atoms with Gasteiger partial charge in [0.25, 0.3) is 5.91 Å². The van der Waals surface area contributed by atoms with Crippen LogP contribution in [0.1, 0.15) is 86.2 Å². The lowest BCUT2D eigenvalue weighted by molar-refractivity contribution is 0.0817. The van der Waals surface area contributed by atoms with E-state index in [2.05, 4.69) is 38.2 Å². The monoisotopic (exact) mass is 589 g/mol. The third-order valence-corrected chi connectivity index (χ3v) is 8.63. The van der Waals surface area contributed by atoms with Gasteiger partial charge in [0.1, 0.15) is 5.82 Å². The first kappa shape index (κ1) is 29.3. The Balaban J connectivity index is 1.38. The lowest BCUT2D eigenvalue weighted by atomic mass is 9.94. The molecule has 40 heavy (non-hydrogen) atoms. The molecule has 3 N–H and O–H groups in total. The van der Waals surface area contributed by atoms with Gasteiger partial charge in [0.05, 0.1) is 17.2 Å². The van der Waals surface area contributed by atoms with Crippen molar-refractivity contribution in [1.82, 2.24) is 21.1 Å². The maximum atomic E-state index is 14.1. The number of aliphatic imine (C=N–C) groups is 1. The standard InChI is InChI=1S/C30H38Cl2FN5O2/c31-22-11-8-20(9-12-22)27-19-28(37-38(27)24-6-4-2-1-3-5-7-24)35-30(34-23-14-16-40-17-15-23)36-29(39)21-10-13-25(32)26(33)18-21/h8-13,18,23-24,27-28,37H,1-7,14-17,19H2,(H2,34,35,36,39). The number of carbonyl (C=O) groups is 1. The summed E-state index contributed by atoms with van der Waals surface area (Å²) in [6.45, 7) is 1.30. The number of ether oxygens (including phenoxy) is 1. The van der Waals surface area contributed by atoms with E-state index in [4.69, 9.17) is 27.9 Å². The van der Waals surface area contributed by atoms with E-state index < -0.39 is 11.7 Å². The second-order valence-electron chi connectivity index (χ2n) is 11.0. The molecule has 1 saturated carbocycles. The number of benzene rings is 2. The van der Waals surface area contributed by atoms with Crippen molar-refractivity contribution >= 4 is 35.1 Å². The van der Waals surface area contributed by atoms with Crippen LogP contribution in [0.5, 0.6) is 0 Å². The van der Waals surface area contributed by atoms with Gasteiger partial charge in [0, 0.05) is 42.3 Å². The molecule has 2 saturated heterocycles. The molecule has 0 spiro atoms. The number of nitrogens with zero attached hydrogens (tertiary/aromatic N) is 2. The summed E-state index contributed by atoms with van der Waals surface area (Å²) >= 11 is 12.0. The fourth-order valence-corrected chi connectivity index (χ4v) is 6.15. The Morgan fingerprint density at radius 3 is 2.35 bits per heavy atom. The summed E-state index contributed by atoms with van der Waals surface area (Å²) in [5.74, 6) is -0.811. The minimum absolute atomic E-state index is 0.0306. The molecule has 0 bridgehead atoms. The molecule has 10 heteroatoms. The molecule has 2 aromatic carbocycles. The van der Waals surface area contributed by atoms with Crippen molar-refractivity contribution in [2.24, 2.45) is 4.99 Å². The molecule has 0 aromatic heterocycles. The van der Waals surface area contributed by atoms with Crippen molar-refractivity contribution in [3.05, 3.63) is 69.5 Å². The number of amides is 1. The van der Waals surface area contributed by atoms with Gasteiger partial charge >= 0.3 is 0 Å². The number of rotatable bonds is 5. The number of guanidine groups is 1. The first-order valence-corrected chi connectivity index (χ1v) is 15.2. The summed E-state index contributed by atoms with van der Waals surface area (Å²) < 4.78 is 19.6. The highest BCUT2D eigenvalue weighted by Crippen LogP contribution is 2.35. The molecule has 2 aliphatic heterocycles. The number of carbonyl (C=O) groups excluding carboxylic acids is 1. The van der Waals surface area contributed by atoms with Crippen molar-refractivity contribution < 1.29 is 13.9 Å². The fraction of sp³-hybridized carbons (Fsp3) is 0.533. The Morgan fingerprint density at radius 2 is 1.65 bits per heavy atom. The molecule has 0 radical (unpaired) electrons. The molecule has 3 aliphatic rings. The van der Waals surface area contributed by atoms with E-state index in [1.165, 1.54) is 49.8 Å². The van der Waals surface area contributed by atoms with Crippen LogP contribution in [-0.4, -0.2) is 48.3 Å². The van der Waals surface area contributed by atoms with Gasteiger partial charge in [-0.2, -0.15) is 4.99 Å². The summed E-state index contributed by atoms with van der Waals surface area (Å²) in [4.78, 5) is 17.5. The smallest absolute Gasteiger partial charge is 0.280 e. The van der Waals surface area contributed by atoms with Crippen LogP contribution in [0.15, 0.2) is 47.5 Å². The van der Waals surface area contributed by atoms with Gasteiger partial charge in [-0.3, -0.25) is 4.79 Å². The van der Waals surface area contributed by atoms with Crippen LogP contribution >= 0.6 is 23.2 Å². The van der Waals surface area contributed by atoms with Crippen LogP contribution in [0.4, 0.5) is 4.39 Å². The number of hydrazine groups is 1. The van der Waals surface area contributed by atoms with Crippen LogP contribution in [0.2, 0.25) is 10.0 Å². The molecular formula is C30H38Cl2FN5O2. The van der Waals surface area contributed by atoms with Crippen molar-refractivity contribution in [1.29, 1.82) is 0 Å². The van der Waals surface area contributed by atoms with E-state index in [-0.39, 0.29) is 28.8 Å². The van der Waals surface area contributed by atoms with Crippen LogP contribution in [0, 0.1) is 5.82 Å². The Kier molecular flexibility index (Phi) is 10.3. The molecule has 2 atom stereocenters. The van der Waals surface area contributed by atoms with Crippen LogP contribution < -0.4 is 16.1 Å². The van der Waals surface area contributed by atoms with Crippen molar-refractivity contribution in [2.75, 3.05) is 13.2 Å². The van der Waals surface area contributed by atoms with Crippen LogP contribution in [0.25, 0.3) is 0 Å². The molecule has 5 rings (SSSR count). The maximum Gasteiger partial charge on any atom is 0.280 e. The van der Waals surface area contributed by atoms with Gasteiger partial charge < -0.3 is 15.4 Å². The molecule has 1 aliphatic carbocycles. The van der Waals surface area contributed by atoms with Gasteiger partial charge in [-0.25, -0.2) is 14.8 Å². The summed E-state index contributed by atoms with van der Waals surface area (Å²) in [6.07, 6.45) is 10.8. The highest BCUT2D eigenvalue weighted by Gasteiger charge is 2.37. The van der Waals surface area contributed by atoms with Gasteiger partial charge in [0.2, 0.25) is 5.96 Å². The number of halogens is 3. The average Bonchev–Trinajstić information content (AvgIpc) is 3.34. The van der Waals surface area contributed by atoms with Crippen LogP contribution in [0.3, 0.4) is 0 Å². The Hall–Kier alpha value is -2.23. The van der Waals surface area contributed by atoms with Gasteiger partial charge in [-0.15, -0.1) is 0 Å². The molecule has 1 amide bonds. The first-order chi connectivity index (χ1) is 19.5. The SMILES string of the molecule is O=C(/N=C(/NC1CCOCC1)NC1CC(c2ccc(Cl)cc2)N(C2CCCCCCC2)N1)c1ccc(Cl)c(F)c1. The van der Waals surface area contributed by atoms with E-state index >= 15 is 0 Å². The van der Waals surface area contributed by atoms with Gasteiger partial charge in [-0.1, -0.05) is 67.4 Å². The highest BCUT2D eigenvalue weighted by atomic mass is 35.5. The third-order valence-electron chi connectivity index (χ3n) is 8.08. The summed E-state index contributed by atoms with van der Waals surface area (Å²) in [6, 6.07) is 12.7. The van der Waals surface area contributed by atoms with E-state index in [9.17, 15) is 9.18 Å². The van der Waals surface area contributed by atoms with E-state index in [1.807, 2.05) is 12.1 Å². The van der Waals surface area contributed by atoms with Crippen molar-refractivity contribution in [2.45, 2.75) is 88.5 Å². The van der Waals surface area contributed by atoms with Crippen molar-refractivity contribution in [3.63, 3.8) is 0 Å². The number of hydrogen-bond acceptors (Lipinski definition) is 4. The minimum Gasteiger partial charge on any atom is -0.381 e. The van der Waals surface area contributed by atoms with Gasteiger partial charge in [0.15, 0.2) is 0 Å². The molecule has 2 unspecified atom stereocenters. The average molecular weight is 591 g/mol. The minimum atomic E-state index is -0.646. The number of hydrogen-bond donors (Lipinski definition) is 3. The van der Waals surface area contributed by atoms with Crippen LogP contribution in [-0.2, 0) is 4.74 Å². The molecule has 3 fully saturated rings. The Morgan fingerprint density at radius 1 is 0.950 bits per heavy atom. The van der Waals surface area contributed by atoms with Gasteiger partial charge in [-0.05, 0) is 61.6 Å². The molecule has 216 valence electrons. The largest absolute Gasteiger partial charge is 0.381 e. The predicted molar refractivity (Wildman–Crippen MR) is 157 cm³/mol. The topological polar surface area (TPSA) is 78.0 Å². The maximum absolute atomic E-state index is 14.1. The number of nitrogens with one attached hydrogen (secondary N) is 3. The molecule has 7 nitrogen and oxygen atoms in total. The zero-order valence-corrected chi connectivity index (χ0v) is 24.2. The highest BCUT2D eigenvalue weighted by molar-refractivity contribution is 6.31. The molecule has 2 aromatic rings. The lowest BCUT2D eigenvalue weighted by Crippen LogP contribution is -2.54. The summed E-state index contributed by atoms with van der Waals surface area (Å²) in [5.41, 5.74) is 5.07. The second-order valence-corrected chi connectivity index (χ2v) is 11.8. The van der Waals surface area contributed by atoms with E-state index in [0.29, 0.717) is 30.2 Å². The Bertz CT molecular complexity index is 1170. The van der Waals surface area contributed by atoms with Crippen molar-refractivity contribution in [3.8, 4) is 0 Å². The van der Waals surface area contributed by atoms with E-state index in [1.54, 1.807) is 0 Å². The Labute approximate surface area is 245 Å². The zero-order chi connectivity index (χ0) is 27.9. The predicted octanol–water partition coefficient (Wildman–Crippen LogP) is 6.38. The summed E-state index contributed by atoms with van der Waals surface area (Å²) in [7, 11) is 0. The molecular weight excluding hydrogens is 552 g/mol.